The van der Waals surface area contributed by atoms with Crippen LogP contribution in [0, 0.1) is 0 Å². The first-order chi connectivity index (χ1) is 7.91. The van der Waals surface area contributed by atoms with Gasteiger partial charge in [0.25, 0.3) is 0 Å². The molecule has 7 heteroatoms. The molecule has 1 aromatic heterocycles. The van der Waals surface area contributed by atoms with Crippen LogP contribution in [0.25, 0.3) is 0 Å². The van der Waals surface area contributed by atoms with E-state index >= 15 is 0 Å². The normalized spacial score (nSPS) is 13.1. The van der Waals surface area contributed by atoms with Crippen molar-refractivity contribution in [2.75, 3.05) is 11.4 Å². The highest BCUT2D eigenvalue weighted by atomic mass is 32.2. The van der Waals surface area contributed by atoms with Gasteiger partial charge in [0.15, 0.2) is 0 Å². The quantitative estimate of drug-likeness (QED) is 0.807. The lowest BCUT2D eigenvalue weighted by Gasteiger charge is -2.24. The third kappa shape index (κ3) is 2.92. The lowest BCUT2D eigenvalue weighted by Crippen LogP contribution is -2.42. The van der Waals surface area contributed by atoms with E-state index in [1.165, 1.54) is 23.7 Å². The number of hydrogen-bond acceptors (Lipinski definition) is 4. The van der Waals surface area contributed by atoms with Gasteiger partial charge in [0.1, 0.15) is 5.25 Å². The van der Waals surface area contributed by atoms with Crippen molar-refractivity contribution in [3.63, 3.8) is 0 Å². The summed E-state index contributed by atoms with van der Waals surface area (Å²) < 4.78 is 25.7. The summed E-state index contributed by atoms with van der Waals surface area (Å²) in [6.07, 6.45) is 3.42. The minimum Gasteiger partial charge on any atom is -0.392 e. The van der Waals surface area contributed by atoms with Crippen molar-refractivity contribution in [2.24, 2.45) is 5.73 Å². The third-order valence-corrected chi connectivity index (χ3v) is 5.17. The van der Waals surface area contributed by atoms with Crippen LogP contribution in [0.15, 0.2) is 24.5 Å². The molecular weight excluding hydrogens is 258 g/mol. The number of thiocarbonyl (C=S) groups is 1. The number of pyridine rings is 1. The maximum absolute atomic E-state index is 12.2. The second-order valence-corrected chi connectivity index (χ2v) is 6.14. The smallest absolute Gasteiger partial charge is 0.244 e. The van der Waals surface area contributed by atoms with Crippen molar-refractivity contribution in [3.05, 3.63) is 24.5 Å². The van der Waals surface area contributed by atoms with E-state index in [-0.39, 0.29) is 4.99 Å². The molecule has 0 amide bonds. The van der Waals surface area contributed by atoms with Crippen LogP contribution in [0.4, 0.5) is 5.69 Å². The van der Waals surface area contributed by atoms with Gasteiger partial charge >= 0.3 is 0 Å². The summed E-state index contributed by atoms with van der Waals surface area (Å²) >= 11 is 4.79. The van der Waals surface area contributed by atoms with Crippen LogP contribution >= 0.6 is 12.2 Å². The zero-order valence-corrected chi connectivity index (χ0v) is 11.3. The molecule has 0 saturated carbocycles. The molecule has 0 aromatic carbocycles. The summed E-state index contributed by atoms with van der Waals surface area (Å²) in [5.74, 6) is 0. The summed E-state index contributed by atoms with van der Waals surface area (Å²) in [6.45, 7) is 1.74. The first-order valence-electron chi connectivity index (χ1n) is 5.08. The predicted octanol–water partition coefficient (Wildman–Crippen LogP) is 0.912. The highest BCUT2D eigenvalue weighted by Crippen LogP contribution is 2.19. The Hall–Kier alpha value is -1.21. The van der Waals surface area contributed by atoms with Gasteiger partial charge < -0.3 is 5.73 Å². The van der Waals surface area contributed by atoms with E-state index in [4.69, 9.17) is 18.0 Å². The van der Waals surface area contributed by atoms with Crippen molar-refractivity contribution in [2.45, 2.75) is 18.6 Å². The lowest BCUT2D eigenvalue weighted by atomic mass is 10.3. The van der Waals surface area contributed by atoms with E-state index < -0.39 is 15.3 Å². The molecule has 0 bridgehead atoms. The summed E-state index contributed by atoms with van der Waals surface area (Å²) in [5, 5.41) is -0.837. The average molecular weight is 273 g/mol. The zero-order chi connectivity index (χ0) is 13.1. The average Bonchev–Trinajstić information content (AvgIpc) is 2.29. The molecule has 0 fully saturated rings. The number of nitrogens with zero attached hydrogens (tertiary/aromatic N) is 2. The Labute approximate surface area is 107 Å². The minimum absolute atomic E-state index is 0.00611. The van der Waals surface area contributed by atoms with Crippen molar-refractivity contribution >= 4 is 32.9 Å². The van der Waals surface area contributed by atoms with Gasteiger partial charge in [0.2, 0.25) is 10.0 Å². The number of anilines is 1. The summed E-state index contributed by atoms with van der Waals surface area (Å²) in [4.78, 5) is 3.83. The van der Waals surface area contributed by atoms with Gasteiger partial charge in [-0.3, -0.25) is 9.29 Å². The summed E-state index contributed by atoms with van der Waals surface area (Å²) in [5.41, 5.74) is 6.00. The number of rotatable bonds is 5. The minimum atomic E-state index is -3.56. The van der Waals surface area contributed by atoms with Gasteiger partial charge in [-0.1, -0.05) is 19.1 Å². The van der Waals surface area contributed by atoms with E-state index in [2.05, 4.69) is 4.98 Å². The van der Waals surface area contributed by atoms with Crippen LogP contribution in [0.1, 0.15) is 13.3 Å². The van der Waals surface area contributed by atoms with Crippen molar-refractivity contribution < 1.29 is 8.42 Å². The first-order valence-corrected chi connectivity index (χ1v) is 6.99. The van der Waals surface area contributed by atoms with Gasteiger partial charge in [0, 0.05) is 19.4 Å². The van der Waals surface area contributed by atoms with E-state index in [0.717, 1.165) is 0 Å². The number of nitrogens with two attached hydrogens (primary N) is 1. The Kier molecular flexibility index (Phi) is 4.41. The Morgan fingerprint density at radius 3 is 2.47 bits per heavy atom. The molecule has 5 nitrogen and oxygen atoms in total. The highest BCUT2D eigenvalue weighted by Gasteiger charge is 2.30. The first kappa shape index (κ1) is 13.9. The zero-order valence-electron chi connectivity index (χ0n) is 9.70. The third-order valence-electron chi connectivity index (χ3n) is 2.46. The van der Waals surface area contributed by atoms with Crippen LogP contribution in [-0.4, -0.2) is 30.7 Å². The molecule has 0 radical (unpaired) electrons. The molecule has 0 aliphatic rings. The van der Waals surface area contributed by atoms with Gasteiger partial charge in [-0.25, -0.2) is 8.42 Å². The highest BCUT2D eigenvalue weighted by molar-refractivity contribution is 7.95. The van der Waals surface area contributed by atoms with Crippen LogP contribution in [0.3, 0.4) is 0 Å². The van der Waals surface area contributed by atoms with Gasteiger partial charge in [-0.2, -0.15) is 0 Å². The van der Waals surface area contributed by atoms with E-state index in [1.54, 1.807) is 19.1 Å². The molecule has 0 saturated heterocycles. The SMILES string of the molecule is CCC(C(N)=S)S(=O)(=O)N(C)c1ccncc1. The molecule has 1 heterocycles. The molecule has 17 heavy (non-hydrogen) atoms. The second-order valence-electron chi connectivity index (χ2n) is 3.52. The molecule has 0 aliphatic carbocycles. The molecule has 1 rings (SSSR count). The van der Waals surface area contributed by atoms with Crippen LogP contribution in [-0.2, 0) is 10.0 Å². The van der Waals surface area contributed by atoms with Gasteiger partial charge in [-0.15, -0.1) is 0 Å². The maximum atomic E-state index is 12.2. The fraction of sp³-hybridized carbons (Fsp3) is 0.400. The molecule has 94 valence electrons. The Balaban J connectivity index is 3.11. The van der Waals surface area contributed by atoms with Crippen LogP contribution in [0.5, 0.6) is 0 Å². The van der Waals surface area contributed by atoms with Crippen LogP contribution < -0.4 is 10.0 Å². The molecule has 0 spiro atoms. The summed E-state index contributed by atoms with van der Waals surface area (Å²) in [6, 6.07) is 3.23. The number of hydrogen-bond donors (Lipinski definition) is 1. The molecule has 2 N–H and O–H groups in total. The van der Waals surface area contributed by atoms with Crippen molar-refractivity contribution in [3.8, 4) is 0 Å². The van der Waals surface area contributed by atoms with Gasteiger partial charge in [0.05, 0.1) is 10.7 Å². The monoisotopic (exact) mass is 273 g/mol. The van der Waals surface area contributed by atoms with E-state index in [9.17, 15) is 8.42 Å². The number of sulfonamides is 1. The molecule has 1 atom stereocenters. The largest absolute Gasteiger partial charge is 0.392 e. The van der Waals surface area contributed by atoms with Crippen LogP contribution in [0.2, 0.25) is 0 Å². The van der Waals surface area contributed by atoms with Gasteiger partial charge in [-0.05, 0) is 18.6 Å². The fourth-order valence-corrected chi connectivity index (χ4v) is 3.49. The summed E-state index contributed by atoms with van der Waals surface area (Å²) in [7, 11) is -2.09. The van der Waals surface area contributed by atoms with E-state index in [1.807, 2.05) is 0 Å². The fourth-order valence-electron chi connectivity index (χ4n) is 1.45. The Bertz CT molecular complexity index is 488. The van der Waals surface area contributed by atoms with Crippen molar-refractivity contribution in [1.82, 2.24) is 4.98 Å². The molecule has 1 unspecified atom stereocenters. The molecule has 1 aromatic rings. The Morgan fingerprint density at radius 2 is 2.06 bits per heavy atom. The molecule has 0 aliphatic heterocycles. The Morgan fingerprint density at radius 1 is 1.53 bits per heavy atom. The topological polar surface area (TPSA) is 76.3 Å². The maximum Gasteiger partial charge on any atom is 0.244 e. The van der Waals surface area contributed by atoms with Crippen molar-refractivity contribution in [1.29, 1.82) is 0 Å². The predicted molar refractivity (Wildman–Crippen MR) is 72.4 cm³/mol. The van der Waals surface area contributed by atoms with E-state index in [0.29, 0.717) is 12.1 Å². The second kappa shape index (κ2) is 5.42. The standard InChI is InChI=1S/C10H15N3O2S2/c1-3-9(10(11)16)17(14,15)13(2)8-4-6-12-7-5-8/h4-7,9H,3H2,1-2H3,(H2,11,16). The number of aromatic nitrogens is 1. The lowest BCUT2D eigenvalue weighted by molar-refractivity contribution is 0.587. The molecular formula is C10H15N3O2S2.